The van der Waals surface area contributed by atoms with E-state index in [-0.39, 0.29) is 11.9 Å². The first-order valence-electron chi connectivity index (χ1n) is 9.21. The predicted molar refractivity (Wildman–Crippen MR) is 98.3 cm³/mol. The smallest absolute Gasteiger partial charge is 0.123 e. The lowest BCUT2D eigenvalue weighted by molar-refractivity contribution is -0.0481. The lowest BCUT2D eigenvalue weighted by atomic mass is 10.00. The highest BCUT2D eigenvalue weighted by atomic mass is 19.1. The normalized spacial score (nSPS) is 22.9. The van der Waals surface area contributed by atoms with Gasteiger partial charge in [0.15, 0.2) is 0 Å². The van der Waals surface area contributed by atoms with Gasteiger partial charge in [0.05, 0.1) is 12.7 Å². The zero-order valence-corrected chi connectivity index (χ0v) is 14.5. The van der Waals surface area contributed by atoms with Crippen LogP contribution < -0.4 is 4.90 Å². The quantitative estimate of drug-likeness (QED) is 0.844. The van der Waals surface area contributed by atoms with Gasteiger partial charge in [-0.2, -0.15) is 0 Å². The fourth-order valence-electron chi connectivity index (χ4n) is 4.01. The Labute approximate surface area is 149 Å². The summed E-state index contributed by atoms with van der Waals surface area (Å²) in [6.07, 6.45) is 2.49. The number of halogens is 1. The van der Waals surface area contributed by atoms with Crippen LogP contribution in [0.4, 0.5) is 10.1 Å². The summed E-state index contributed by atoms with van der Waals surface area (Å²) in [5.41, 5.74) is 2.40. The van der Waals surface area contributed by atoms with E-state index in [4.69, 9.17) is 4.74 Å². The molecule has 0 aliphatic carbocycles. The van der Waals surface area contributed by atoms with Crippen LogP contribution in [0, 0.1) is 5.82 Å². The lowest BCUT2D eigenvalue weighted by Gasteiger charge is -2.43. The summed E-state index contributed by atoms with van der Waals surface area (Å²) in [7, 11) is 0. The van der Waals surface area contributed by atoms with E-state index in [0.717, 1.165) is 51.3 Å². The predicted octanol–water partition coefficient (Wildman–Crippen LogP) is 3.87. The van der Waals surface area contributed by atoms with Gasteiger partial charge in [0.1, 0.15) is 5.82 Å². The van der Waals surface area contributed by atoms with E-state index < -0.39 is 0 Å². The average Bonchev–Trinajstić information content (AvgIpc) is 2.70. The molecule has 2 saturated heterocycles. The summed E-state index contributed by atoms with van der Waals surface area (Å²) in [5.74, 6) is -0.168. The Hall–Kier alpha value is -1.91. The summed E-state index contributed by atoms with van der Waals surface area (Å²) in [6.45, 7) is 4.86. The van der Waals surface area contributed by atoms with E-state index in [9.17, 15) is 4.39 Å². The van der Waals surface area contributed by atoms with Crippen molar-refractivity contribution in [3.63, 3.8) is 0 Å². The molecule has 3 nitrogen and oxygen atoms in total. The van der Waals surface area contributed by atoms with E-state index in [0.29, 0.717) is 6.04 Å². The molecule has 0 bridgehead atoms. The first-order valence-corrected chi connectivity index (χ1v) is 9.21. The van der Waals surface area contributed by atoms with E-state index in [1.807, 2.05) is 12.1 Å². The van der Waals surface area contributed by atoms with Crippen LogP contribution in [-0.2, 0) is 4.74 Å². The van der Waals surface area contributed by atoms with Crippen molar-refractivity contribution >= 4 is 5.69 Å². The molecule has 2 aromatic carbocycles. The molecular formula is C21H25FN2O. The minimum Gasteiger partial charge on any atom is -0.371 e. The van der Waals surface area contributed by atoms with Gasteiger partial charge in [-0.05, 0) is 42.7 Å². The van der Waals surface area contributed by atoms with Crippen molar-refractivity contribution in [3.8, 4) is 0 Å². The number of anilines is 1. The van der Waals surface area contributed by atoms with Crippen molar-refractivity contribution < 1.29 is 9.13 Å². The third-order valence-electron chi connectivity index (χ3n) is 5.44. The highest BCUT2D eigenvalue weighted by Gasteiger charge is 2.29. The Balaban J connectivity index is 1.35. The van der Waals surface area contributed by atoms with Crippen molar-refractivity contribution in [2.24, 2.45) is 0 Å². The fraction of sp³-hybridized carbons (Fsp3) is 0.429. The van der Waals surface area contributed by atoms with E-state index in [2.05, 4.69) is 40.1 Å². The molecule has 1 unspecified atom stereocenters. The van der Waals surface area contributed by atoms with Gasteiger partial charge in [0, 0.05) is 37.9 Å². The molecule has 132 valence electrons. The van der Waals surface area contributed by atoms with Crippen molar-refractivity contribution in [1.82, 2.24) is 4.90 Å². The van der Waals surface area contributed by atoms with Crippen LogP contribution in [0.2, 0.25) is 0 Å². The number of rotatable bonds is 3. The minimum atomic E-state index is -0.168. The number of morpholine rings is 1. The molecule has 0 aromatic heterocycles. The van der Waals surface area contributed by atoms with Gasteiger partial charge >= 0.3 is 0 Å². The third-order valence-corrected chi connectivity index (χ3v) is 5.44. The SMILES string of the molecule is Fc1ccc(N2CCC(N3CCOC(c4ccccc4)C3)CC2)cc1. The number of nitrogens with zero attached hydrogens (tertiary/aromatic N) is 2. The molecule has 0 amide bonds. The van der Waals surface area contributed by atoms with Gasteiger partial charge in [0.2, 0.25) is 0 Å². The van der Waals surface area contributed by atoms with Crippen LogP contribution in [0.1, 0.15) is 24.5 Å². The highest BCUT2D eigenvalue weighted by Crippen LogP contribution is 2.28. The van der Waals surface area contributed by atoms with E-state index in [1.54, 1.807) is 12.1 Å². The Bertz CT molecular complexity index is 668. The van der Waals surface area contributed by atoms with Crippen LogP contribution in [0.3, 0.4) is 0 Å². The second-order valence-electron chi connectivity index (χ2n) is 6.96. The minimum absolute atomic E-state index is 0.168. The van der Waals surface area contributed by atoms with Gasteiger partial charge in [-0.3, -0.25) is 4.90 Å². The molecular weight excluding hydrogens is 315 g/mol. The molecule has 2 heterocycles. The Morgan fingerprint density at radius 2 is 1.60 bits per heavy atom. The molecule has 0 N–H and O–H groups in total. The molecule has 2 aliphatic rings. The van der Waals surface area contributed by atoms with Gasteiger partial charge < -0.3 is 9.64 Å². The van der Waals surface area contributed by atoms with E-state index in [1.165, 1.54) is 5.56 Å². The van der Waals surface area contributed by atoms with Crippen LogP contribution in [-0.4, -0.2) is 43.7 Å². The second kappa shape index (κ2) is 7.54. The second-order valence-corrected chi connectivity index (χ2v) is 6.96. The monoisotopic (exact) mass is 340 g/mol. The van der Waals surface area contributed by atoms with Gasteiger partial charge in [0.25, 0.3) is 0 Å². The summed E-state index contributed by atoms with van der Waals surface area (Å²) in [4.78, 5) is 4.97. The van der Waals surface area contributed by atoms with E-state index >= 15 is 0 Å². The summed E-state index contributed by atoms with van der Waals surface area (Å²) >= 11 is 0. The van der Waals surface area contributed by atoms with Crippen LogP contribution in [0.25, 0.3) is 0 Å². The molecule has 2 aromatic rings. The number of piperidine rings is 1. The molecule has 0 radical (unpaired) electrons. The molecule has 25 heavy (non-hydrogen) atoms. The molecule has 2 fully saturated rings. The van der Waals surface area contributed by atoms with Crippen molar-refractivity contribution in [2.45, 2.75) is 25.0 Å². The molecule has 0 saturated carbocycles. The first-order chi connectivity index (χ1) is 12.3. The standard InChI is InChI=1S/C21H25FN2O/c22-18-6-8-19(9-7-18)23-12-10-20(11-13-23)24-14-15-25-21(16-24)17-4-2-1-3-5-17/h1-9,20-21H,10-16H2. The fourth-order valence-corrected chi connectivity index (χ4v) is 4.01. The number of hydrogen-bond acceptors (Lipinski definition) is 3. The largest absolute Gasteiger partial charge is 0.371 e. The van der Waals surface area contributed by atoms with Crippen molar-refractivity contribution in [1.29, 1.82) is 0 Å². The van der Waals surface area contributed by atoms with Crippen LogP contribution >= 0.6 is 0 Å². The Morgan fingerprint density at radius 1 is 0.880 bits per heavy atom. The zero-order chi connectivity index (χ0) is 17.1. The summed E-state index contributed by atoms with van der Waals surface area (Å²) in [6, 6.07) is 18.0. The van der Waals surface area contributed by atoms with Crippen LogP contribution in [0.15, 0.2) is 54.6 Å². The lowest BCUT2D eigenvalue weighted by Crippen LogP contribution is -2.49. The number of hydrogen-bond donors (Lipinski definition) is 0. The first kappa shape index (κ1) is 16.6. The Morgan fingerprint density at radius 3 is 2.32 bits per heavy atom. The third kappa shape index (κ3) is 3.86. The maximum atomic E-state index is 13.1. The van der Waals surface area contributed by atoms with Crippen molar-refractivity contribution in [2.75, 3.05) is 37.7 Å². The maximum absolute atomic E-state index is 13.1. The number of benzene rings is 2. The summed E-state index contributed by atoms with van der Waals surface area (Å²) in [5, 5.41) is 0. The Kier molecular flexibility index (Phi) is 4.99. The summed E-state index contributed by atoms with van der Waals surface area (Å²) < 4.78 is 19.1. The van der Waals surface area contributed by atoms with Gasteiger partial charge in [-0.1, -0.05) is 30.3 Å². The topological polar surface area (TPSA) is 15.7 Å². The van der Waals surface area contributed by atoms with Crippen LogP contribution in [0.5, 0.6) is 0 Å². The maximum Gasteiger partial charge on any atom is 0.123 e. The van der Waals surface area contributed by atoms with Crippen molar-refractivity contribution in [3.05, 3.63) is 66.0 Å². The molecule has 4 heteroatoms. The average molecular weight is 340 g/mol. The highest BCUT2D eigenvalue weighted by molar-refractivity contribution is 5.46. The molecule has 1 atom stereocenters. The molecule has 2 aliphatic heterocycles. The zero-order valence-electron chi connectivity index (χ0n) is 14.5. The number of ether oxygens (including phenoxy) is 1. The molecule has 4 rings (SSSR count). The molecule has 0 spiro atoms. The van der Waals surface area contributed by atoms with Gasteiger partial charge in [-0.25, -0.2) is 4.39 Å². The van der Waals surface area contributed by atoms with Gasteiger partial charge in [-0.15, -0.1) is 0 Å².